The minimum atomic E-state index is 0.0113. The van der Waals surface area contributed by atoms with E-state index in [4.69, 9.17) is 17.3 Å². The van der Waals surface area contributed by atoms with Crippen molar-refractivity contribution in [3.8, 4) is 0 Å². The molecular formula is C16H18ClNS. The Bertz CT molecular complexity index is 593. The molecule has 0 saturated carbocycles. The van der Waals surface area contributed by atoms with Gasteiger partial charge in [0.1, 0.15) is 0 Å². The highest BCUT2D eigenvalue weighted by molar-refractivity contribution is 7.99. The van der Waals surface area contributed by atoms with Crippen LogP contribution in [-0.2, 0) is 0 Å². The lowest BCUT2D eigenvalue weighted by Gasteiger charge is -2.11. The maximum Gasteiger partial charge on any atom is 0.0548 e. The molecule has 0 amide bonds. The Morgan fingerprint density at radius 1 is 1.05 bits per heavy atom. The first-order valence-corrected chi connectivity index (χ1v) is 7.47. The average molecular weight is 292 g/mol. The Morgan fingerprint density at radius 2 is 1.79 bits per heavy atom. The van der Waals surface area contributed by atoms with E-state index in [-0.39, 0.29) is 6.04 Å². The summed E-state index contributed by atoms with van der Waals surface area (Å²) in [4.78, 5) is 2.32. The van der Waals surface area contributed by atoms with Gasteiger partial charge in [-0.3, -0.25) is 0 Å². The van der Waals surface area contributed by atoms with Gasteiger partial charge in [0.05, 0.1) is 5.02 Å². The van der Waals surface area contributed by atoms with Crippen molar-refractivity contribution in [3.05, 3.63) is 58.1 Å². The summed E-state index contributed by atoms with van der Waals surface area (Å²) < 4.78 is 0. The number of benzene rings is 2. The molecule has 1 nitrogen and oxygen atoms in total. The Morgan fingerprint density at radius 3 is 2.42 bits per heavy atom. The van der Waals surface area contributed by atoms with Crippen LogP contribution in [0.1, 0.15) is 29.7 Å². The fourth-order valence-corrected chi connectivity index (χ4v) is 3.13. The van der Waals surface area contributed by atoms with Crippen LogP contribution in [0.3, 0.4) is 0 Å². The molecule has 0 heterocycles. The normalized spacial score (nSPS) is 12.5. The van der Waals surface area contributed by atoms with Gasteiger partial charge in [-0.25, -0.2) is 0 Å². The van der Waals surface area contributed by atoms with Crippen LogP contribution in [-0.4, -0.2) is 0 Å². The number of nitrogens with two attached hydrogens (primary N) is 1. The molecule has 3 heteroatoms. The van der Waals surface area contributed by atoms with Crippen LogP contribution in [0.25, 0.3) is 0 Å². The molecule has 0 bridgehead atoms. The van der Waals surface area contributed by atoms with E-state index < -0.39 is 0 Å². The van der Waals surface area contributed by atoms with E-state index in [0.717, 1.165) is 15.5 Å². The molecule has 0 aliphatic carbocycles. The third-order valence-electron chi connectivity index (χ3n) is 3.05. The van der Waals surface area contributed by atoms with Crippen molar-refractivity contribution >= 4 is 23.4 Å². The summed E-state index contributed by atoms with van der Waals surface area (Å²) >= 11 is 8.04. The fourth-order valence-electron chi connectivity index (χ4n) is 1.82. The first-order valence-electron chi connectivity index (χ1n) is 6.27. The van der Waals surface area contributed by atoms with Gasteiger partial charge in [-0.1, -0.05) is 41.6 Å². The van der Waals surface area contributed by atoms with Gasteiger partial charge in [0.25, 0.3) is 0 Å². The van der Waals surface area contributed by atoms with Crippen LogP contribution in [0.4, 0.5) is 0 Å². The Balaban J connectivity index is 2.31. The largest absolute Gasteiger partial charge is 0.324 e. The fraction of sp³-hybridized carbons (Fsp3) is 0.250. The number of hydrogen-bond donors (Lipinski definition) is 1. The van der Waals surface area contributed by atoms with Crippen molar-refractivity contribution in [3.63, 3.8) is 0 Å². The lowest BCUT2D eigenvalue weighted by molar-refractivity contribution is 0.817. The summed E-state index contributed by atoms with van der Waals surface area (Å²) in [6.07, 6.45) is 0. The standard InChI is InChI=1S/C16H18ClNS/c1-10-4-5-11(2)16(8-10)19-15-7-6-13(12(3)18)9-14(15)17/h4-9,12H,18H2,1-3H3/t12-/m0/s1. The molecule has 0 aromatic heterocycles. The highest BCUT2D eigenvalue weighted by atomic mass is 35.5. The van der Waals surface area contributed by atoms with Gasteiger partial charge in [0.15, 0.2) is 0 Å². The van der Waals surface area contributed by atoms with Gasteiger partial charge >= 0.3 is 0 Å². The van der Waals surface area contributed by atoms with Gasteiger partial charge in [-0.15, -0.1) is 0 Å². The highest BCUT2D eigenvalue weighted by Crippen LogP contribution is 2.36. The molecule has 2 aromatic carbocycles. The molecule has 19 heavy (non-hydrogen) atoms. The molecule has 0 aliphatic rings. The number of rotatable bonds is 3. The van der Waals surface area contributed by atoms with Crippen LogP contribution in [0, 0.1) is 13.8 Å². The average Bonchev–Trinajstić information content (AvgIpc) is 2.36. The zero-order valence-corrected chi connectivity index (χ0v) is 13.0. The molecule has 0 aliphatic heterocycles. The first kappa shape index (κ1) is 14.4. The third kappa shape index (κ3) is 3.53. The Kier molecular flexibility index (Phi) is 4.56. The second-order valence-electron chi connectivity index (χ2n) is 4.85. The number of aryl methyl sites for hydroxylation is 2. The van der Waals surface area contributed by atoms with Crippen molar-refractivity contribution in [2.45, 2.75) is 36.6 Å². The molecule has 2 aromatic rings. The summed E-state index contributed by atoms with van der Waals surface area (Å²) in [6.45, 7) is 6.18. The Labute approximate surface area is 124 Å². The van der Waals surface area contributed by atoms with E-state index in [2.05, 4.69) is 32.0 Å². The van der Waals surface area contributed by atoms with Gasteiger partial charge < -0.3 is 5.73 Å². The predicted octanol–water partition coefficient (Wildman–Crippen LogP) is 5.13. The van der Waals surface area contributed by atoms with Crippen LogP contribution in [0.5, 0.6) is 0 Å². The molecular weight excluding hydrogens is 274 g/mol. The predicted molar refractivity (Wildman–Crippen MR) is 84.1 cm³/mol. The maximum absolute atomic E-state index is 6.34. The van der Waals surface area contributed by atoms with E-state index >= 15 is 0 Å². The van der Waals surface area contributed by atoms with Crippen molar-refractivity contribution in [2.24, 2.45) is 5.73 Å². The second kappa shape index (κ2) is 6.00. The molecule has 100 valence electrons. The molecule has 0 spiro atoms. The van der Waals surface area contributed by atoms with Crippen LogP contribution in [0.2, 0.25) is 5.02 Å². The summed E-state index contributed by atoms with van der Waals surface area (Å²) in [5, 5.41) is 0.765. The quantitative estimate of drug-likeness (QED) is 0.848. The lowest BCUT2D eigenvalue weighted by atomic mass is 10.1. The van der Waals surface area contributed by atoms with Gasteiger partial charge in [-0.05, 0) is 55.7 Å². The smallest absolute Gasteiger partial charge is 0.0548 e. The van der Waals surface area contributed by atoms with Crippen LogP contribution in [0.15, 0.2) is 46.2 Å². The summed E-state index contributed by atoms with van der Waals surface area (Å²) in [5.74, 6) is 0. The van der Waals surface area contributed by atoms with Gasteiger partial charge in [0.2, 0.25) is 0 Å². The van der Waals surface area contributed by atoms with Crippen LogP contribution < -0.4 is 5.73 Å². The van der Waals surface area contributed by atoms with Gasteiger partial charge in [-0.2, -0.15) is 0 Å². The first-order chi connectivity index (χ1) is 8.97. The van der Waals surface area contributed by atoms with E-state index in [1.54, 1.807) is 11.8 Å². The van der Waals surface area contributed by atoms with E-state index in [1.807, 2.05) is 25.1 Å². The molecule has 2 N–H and O–H groups in total. The monoisotopic (exact) mass is 291 g/mol. The summed E-state index contributed by atoms with van der Waals surface area (Å²) in [5.41, 5.74) is 9.46. The zero-order chi connectivity index (χ0) is 14.0. The lowest BCUT2D eigenvalue weighted by Crippen LogP contribution is -2.04. The van der Waals surface area contributed by atoms with Crippen LogP contribution >= 0.6 is 23.4 Å². The minimum Gasteiger partial charge on any atom is -0.324 e. The number of hydrogen-bond acceptors (Lipinski definition) is 2. The van der Waals surface area contributed by atoms with E-state index in [9.17, 15) is 0 Å². The summed E-state index contributed by atoms with van der Waals surface area (Å²) in [7, 11) is 0. The zero-order valence-electron chi connectivity index (χ0n) is 11.4. The molecule has 0 unspecified atom stereocenters. The SMILES string of the molecule is Cc1ccc(C)c(Sc2ccc([C@H](C)N)cc2Cl)c1. The minimum absolute atomic E-state index is 0.0113. The van der Waals surface area contributed by atoms with Gasteiger partial charge in [0, 0.05) is 15.8 Å². The molecule has 1 atom stereocenters. The molecule has 0 saturated heterocycles. The van der Waals surface area contributed by atoms with E-state index in [1.165, 1.54) is 16.0 Å². The third-order valence-corrected chi connectivity index (χ3v) is 4.71. The molecule has 2 rings (SSSR count). The van der Waals surface area contributed by atoms with Crippen molar-refractivity contribution in [1.82, 2.24) is 0 Å². The van der Waals surface area contributed by atoms with E-state index in [0.29, 0.717) is 0 Å². The van der Waals surface area contributed by atoms with Crippen molar-refractivity contribution in [1.29, 1.82) is 0 Å². The maximum atomic E-state index is 6.34. The number of halogens is 1. The van der Waals surface area contributed by atoms with Crippen molar-refractivity contribution in [2.75, 3.05) is 0 Å². The topological polar surface area (TPSA) is 26.0 Å². The Hall–Kier alpha value is -0.960. The summed E-state index contributed by atoms with van der Waals surface area (Å²) in [6, 6.07) is 12.5. The van der Waals surface area contributed by atoms with Crippen molar-refractivity contribution < 1.29 is 0 Å². The molecule has 0 radical (unpaired) electrons. The molecule has 0 fully saturated rings. The highest BCUT2D eigenvalue weighted by Gasteiger charge is 2.08. The second-order valence-corrected chi connectivity index (χ2v) is 6.34.